The van der Waals surface area contributed by atoms with E-state index in [1.165, 1.54) is 0 Å². The second kappa shape index (κ2) is 6.57. The molecule has 0 saturated carbocycles. The third-order valence-electron chi connectivity index (χ3n) is 3.95. The Morgan fingerprint density at radius 1 is 1.39 bits per heavy atom. The van der Waals surface area contributed by atoms with E-state index in [0.717, 1.165) is 6.42 Å². The monoisotopic (exact) mass is 275 g/mol. The molecule has 4 nitrogen and oxygen atoms in total. The Morgan fingerprint density at radius 3 is 2.22 bits per heavy atom. The Labute approximate surface area is 112 Å². The summed E-state index contributed by atoms with van der Waals surface area (Å²) >= 11 is 0. The fourth-order valence-corrected chi connectivity index (χ4v) is 2.59. The van der Waals surface area contributed by atoms with Gasteiger partial charge in [-0.15, -0.1) is 0 Å². The van der Waals surface area contributed by atoms with Crippen molar-refractivity contribution in [3.63, 3.8) is 0 Å². The molecule has 0 heterocycles. The molecule has 0 bridgehead atoms. The average Bonchev–Trinajstić information content (AvgIpc) is 2.20. The van der Waals surface area contributed by atoms with Crippen molar-refractivity contribution < 1.29 is 14.3 Å². The van der Waals surface area contributed by atoms with Crippen LogP contribution in [0.5, 0.6) is 0 Å². The molecule has 0 rings (SSSR count). The van der Waals surface area contributed by atoms with Crippen LogP contribution in [0, 0.1) is 5.92 Å². The fraction of sp³-hybridized carbons (Fsp3) is 0.923. The summed E-state index contributed by atoms with van der Waals surface area (Å²) < 4.78 is 6.13. The standard InChI is InChI=1S/C13H29NO3Si/c1-8-11(14-12(15)16)10(2)9-17-18(6,7)13(3,4)5/h10-11,14H,8-9H2,1-7H3,(H,15,16). The van der Waals surface area contributed by atoms with Gasteiger partial charge in [-0.25, -0.2) is 4.79 Å². The number of carbonyl (C=O) groups is 1. The highest BCUT2D eigenvalue weighted by atomic mass is 28.4. The van der Waals surface area contributed by atoms with Crippen molar-refractivity contribution in [1.82, 2.24) is 5.32 Å². The van der Waals surface area contributed by atoms with E-state index < -0.39 is 14.4 Å². The number of amides is 1. The fourth-order valence-electron chi connectivity index (χ4n) is 1.48. The van der Waals surface area contributed by atoms with Crippen LogP contribution >= 0.6 is 0 Å². The van der Waals surface area contributed by atoms with Crippen molar-refractivity contribution >= 4 is 14.4 Å². The lowest BCUT2D eigenvalue weighted by atomic mass is 10.0. The molecule has 0 aromatic carbocycles. The van der Waals surface area contributed by atoms with E-state index >= 15 is 0 Å². The van der Waals surface area contributed by atoms with Crippen molar-refractivity contribution in [2.45, 2.75) is 65.2 Å². The smallest absolute Gasteiger partial charge is 0.404 e. The molecule has 0 saturated heterocycles. The summed E-state index contributed by atoms with van der Waals surface area (Å²) in [7, 11) is -1.74. The Balaban J connectivity index is 4.40. The lowest BCUT2D eigenvalue weighted by Crippen LogP contribution is -2.45. The minimum absolute atomic E-state index is 0.0349. The molecule has 0 spiro atoms. The van der Waals surface area contributed by atoms with Gasteiger partial charge in [0.05, 0.1) is 0 Å². The van der Waals surface area contributed by atoms with Gasteiger partial charge in [-0.1, -0.05) is 34.6 Å². The van der Waals surface area contributed by atoms with Gasteiger partial charge >= 0.3 is 6.09 Å². The molecule has 18 heavy (non-hydrogen) atoms. The summed E-state index contributed by atoms with van der Waals surface area (Å²) in [4.78, 5) is 10.7. The van der Waals surface area contributed by atoms with Crippen molar-refractivity contribution in [2.24, 2.45) is 5.92 Å². The van der Waals surface area contributed by atoms with Crippen molar-refractivity contribution in [2.75, 3.05) is 6.61 Å². The van der Waals surface area contributed by atoms with E-state index in [4.69, 9.17) is 9.53 Å². The molecule has 0 aliphatic rings. The first-order valence-electron chi connectivity index (χ1n) is 6.64. The molecule has 2 unspecified atom stereocenters. The van der Waals surface area contributed by atoms with Crippen LogP contribution in [0.25, 0.3) is 0 Å². The second-order valence-corrected chi connectivity index (χ2v) is 11.3. The zero-order chi connectivity index (χ0) is 14.6. The Bertz CT molecular complexity index is 274. The van der Waals surface area contributed by atoms with Gasteiger partial charge in [0.2, 0.25) is 0 Å². The number of carboxylic acid groups (broad SMARTS) is 1. The summed E-state index contributed by atoms with van der Waals surface area (Å²) in [5.41, 5.74) is 0. The minimum Gasteiger partial charge on any atom is -0.465 e. The van der Waals surface area contributed by atoms with E-state index in [-0.39, 0.29) is 17.0 Å². The molecule has 0 aliphatic carbocycles. The Morgan fingerprint density at radius 2 is 1.89 bits per heavy atom. The first-order valence-corrected chi connectivity index (χ1v) is 9.55. The van der Waals surface area contributed by atoms with E-state index in [2.05, 4.69) is 39.2 Å². The van der Waals surface area contributed by atoms with Crippen LogP contribution in [0.3, 0.4) is 0 Å². The third kappa shape index (κ3) is 5.39. The van der Waals surface area contributed by atoms with Gasteiger partial charge in [-0.05, 0) is 30.5 Å². The molecule has 2 atom stereocenters. The lowest BCUT2D eigenvalue weighted by molar-refractivity contribution is 0.169. The van der Waals surface area contributed by atoms with Crippen LogP contribution in [0.1, 0.15) is 41.0 Å². The van der Waals surface area contributed by atoms with Gasteiger partial charge in [-0.3, -0.25) is 0 Å². The van der Waals surface area contributed by atoms with Crippen LogP contribution in [-0.2, 0) is 4.43 Å². The third-order valence-corrected chi connectivity index (χ3v) is 8.45. The molecule has 0 radical (unpaired) electrons. The number of hydrogen-bond acceptors (Lipinski definition) is 2. The highest BCUT2D eigenvalue weighted by Crippen LogP contribution is 2.36. The first kappa shape index (κ1) is 17.4. The van der Waals surface area contributed by atoms with Crippen molar-refractivity contribution in [3.05, 3.63) is 0 Å². The quantitative estimate of drug-likeness (QED) is 0.727. The molecule has 0 fully saturated rings. The molecule has 0 aromatic rings. The topological polar surface area (TPSA) is 58.6 Å². The van der Waals surface area contributed by atoms with Gasteiger partial charge in [0.1, 0.15) is 0 Å². The summed E-state index contributed by atoms with van der Waals surface area (Å²) in [5.74, 6) is 0.195. The molecule has 2 N–H and O–H groups in total. The molecule has 0 aromatic heterocycles. The van der Waals surface area contributed by atoms with Crippen LogP contribution in [-0.4, -0.2) is 32.2 Å². The van der Waals surface area contributed by atoms with E-state index in [9.17, 15) is 4.79 Å². The predicted molar refractivity (Wildman–Crippen MR) is 77.6 cm³/mol. The highest BCUT2D eigenvalue weighted by Gasteiger charge is 2.37. The molecule has 0 aliphatic heterocycles. The molecule has 5 heteroatoms. The number of hydrogen-bond donors (Lipinski definition) is 2. The molecular formula is C13H29NO3Si. The van der Waals surface area contributed by atoms with Gasteiger partial charge in [0.25, 0.3) is 0 Å². The maximum absolute atomic E-state index is 10.7. The molecule has 1 amide bonds. The summed E-state index contributed by atoms with van der Waals surface area (Å²) in [6.45, 7) is 15.7. The highest BCUT2D eigenvalue weighted by molar-refractivity contribution is 6.74. The van der Waals surface area contributed by atoms with Crippen LogP contribution in [0.4, 0.5) is 4.79 Å². The van der Waals surface area contributed by atoms with Crippen LogP contribution < -0.4 is 5.32 Å². The minimum atomic E-state index is -1.74. The lowest BCUT2D eigenvalue weighted by Gasteiger charge is -2.37. The number of nitrogens with one attached hydrogen (secondary N) is 1. The second-order valence-electron chi connectivity index (χ2n) is 6.51. The van der Waals surface area contributed by atoms with E-state index in [0.29, 0.717) is 6.61 Å². The average molecular weight is 275 g/mol. The zero-order valence-electron chi connectivity index (χ0n) is 12.8. The Kier molecular flexibility index (Phi) is 6.36. The van der Waals surface area contributed by atoms with Gasteiger partial charge in [-0.2, -0.15) is 0 Å². The summed E-state index contributed by atoms with van der Waals surface area (Å²) in [6.07, 6.45) is -0.171. The summed E-state index contributed by atoms with van der Waals surface area (Å²) in [6, 6.07) is -0.0349. The zero-order valence-corrected chi connectivity index (χ0v) is 13.8. The van der Waals surface area contributed by atoms with Crippen LogP contribution in [0.2, 0.25) is 18.1 Å². The molecule has 108 valence electrons. The molecular weight excluding hydrogens is 246 g/mol. The maximum Gasteiger partial charge on any atom is 0.404 e. The van der Waals surface area contributed by atoms with Crippen molar-refractivity contribution in [1.29, 1.82) is 0 Å². The first-order chi connectivity index (χ1) is 8.01. The predicted octanol–water partition coefficient (Wildman–Crippen LogP) is 3.69. The SMILES string of the molecule is CCC(NC(=O)O)C(C)CO[Si](C)(C)C(C)(C)C. The van der Waals surface area contributed by atoms with Gasteiger partial charge in [0, 0.05) is 12.6 Å². The van der Waals surface area contributed by atoms with Gasteiger partial charge < -0.3 is 14.8 Å². The van der Waals surface area contributed by atoms with E-state index in [1.54, 1.807) is 0 Å². The van der Waals surface area contributed by atoms with E-state index in [1.807, 2.05) is 13.8 Å². The van der Waals surface area contributed by atoms with Crippen molar-refractivity contribution in [3.8, 4) is 0 Å². The number of rotatable bonds is 6. The largest absolute Gasteiger partial charge is 0.465 e. The summed E-state index contributed by atoms with van der Waals surface area (Å²) in [5, 5.41) is 11.5. The normalized spacial score (nSPS) is 16.2. The van der Waals surface area contributed by atoms with Crippen LogP contribution in [0.15, 0.2) is 0 Å². The maximum atomic E-state index is 10.7. The Hall–Kier alpha value is -0.553. The van der Waals surface area contributed by atoms with Gasteiger partial charge in [0.15, 0.2) is 8.32 Å².